The number of aromatic amines is 1. The quantitative estimate of drug-likeness (QED) is 0.170. The number of esters is 1. The molecule has 1 heterocycles. The van der Waals surface area contributed by atoms with Crippen molar-refractivity contribution in [2.24, 2.45) is 5.73 Å². The van der Waals surface area contributed by atoms with E-state index in [0.29, 0.717) is 41.9 Å². The van der Waals surface area contributed by atoms with E-state index >= 15 is 0 Å². The summed E-state index contributed by atoms with van der Waals surface area (Å²) in [5.41, 5.74) is 8.13. The van der Waals surface area contributed by atoms with E-state index in [1.165, 1.54) is 22.6 Å². The largest absolute Gasteiger partial charge is 0.494 e. The van der Waals surface area contributed by atoms with Crippen LogP contribution >= 0.6 is 0 Å². The van der Waals surface area contributed by atoms with Crippen molar-refractivity contribution in [2.75, 3.05) is 43.2 Å². The second-order valence-corrected chi connectivity index (χ2v) is 9.93. The molecule has 0 unspecified atom stereocenters. The van der Waals surface area contributed by atoms with E-state index < -0.39 is 17.8 Å². The van der Waals surface area contributed by atoms with Gasteiger partial charge in [0.05, 0.1) is 36.7 Å². The van der Waals surface area contributed by atoms with E-state index in [1.54, 1.807) is 18.2 Å². The van der Waals surface area contributed by atoms with Gasteiger partial charge in [-0.25, -0.2) is 9.59 Å². The van der Waals surface area contributed by atoms with Crippen LogP contribution in [0.3, 0.4) is 0 Å². The van der Waals surface area contributed by atoms with Gasteiger partial charge in [-0.1, -0.05) is 18.2 Å². The van der Waals surface area contributed by atoms with Crippen molar-refractivity contribution in [3.05, 3.63) is 88.3 Å². The maximum absolute atomic E-state index is 13.8. The molecule has 3 N–H and O–H groups in total. The molecule has 0 bridgehead atoms. The Balaban J connectivity index is 1.66. The lowest BCUT2D eigenvalue weighted by Crippen LogP contribution is -2.39. The number of aromatic nitrogens is 2. The van der Waals surface area contributed by atoms with Crippen molar-refractivity contribution in [2.45, 2.75) is 33.2 Å². The molecule has 0 saturated carbocycles. The van der Waals surface area contributed by atoms with Gasteiger partial charge in [-0.3, -0.25) is 14.2 Å². The zero-order chi connectivity index (χ0) is 30.9. The van der Waals surface area contributed by atoms with Crippen LogP contribution in [0, 0.1) is 0 Å². The van der Waals surface area contributed by atoms with Crippen molar-refractivity contribution in [3.63, 3.8) is 0 Å². The first kappa shape index (κ1) is 30.9. The van der Waals surface area contributed by atoms with E-state index in [2.05, 4.69) is 23.7 Å². The molecule has 0 spiro atoms. The second kappa shape index (κ2) is 14.2. The summed E-state index contributed by atoms with van der Waals surface area (Å²) in [6.07, 6.45) is 0.310. The van der Waals surface area contributed by atoms with Gasteiger partial charge in [-0.2, -0.15) is 0 Å². The number of nitrogens with one attached hydrogen (secondary N) is 1. The molecule has 0 aliphatic carbocycles. The predicted molar refractivity (Wildman–Crippen MR) is 166 cm³/mol. The Bertz CT molecular complexity index is 1620. The van der Waals surface area contributed by atoms with E-state index in [4.69, 9.17) is 15.2 Å². The van der Waals surface area contributed by atoms with Crippen LogP contribution in [0.4, 0.5) is 11.4 Å². The minimum absolute atomic E-state index is 0.184. The first-order valence-corrected chi connectivity index (χ1v) is 14.2. The number of rotatable bonds is 14. The highest BCUT2D eigenvalue weighted by Gasteiger charge is 2.23. The Hall–Kier alpha value is -5.06. The third kappa shape index (κ3) is 7.42. The van der Waals surface area contributed by atoms with Gasteiger partial charge in [-0.05, 0) is 74.4 Å². The van der Waals surface area contributed by atoms with Gasteiger partial charge in [0.15, 0.2) is 0 Å². The van der Waals surface area contributed by atoms with Crippen LogP contribution in [0.15, 0.2) is 71.5 Å². The summed E-state index contributed by atoms with van der Waals surface area (Å²) in [5, 5.41) is 0. The lowest BCUT2D eigenvalue weighted by molar-refractivity contribution is -0.122. The molecule has 11 heteroatoms. The number of benzene rings is 3. The standard InChI is InChI=1S/C32H37N5O6/c1-4-35(5-2)24-12-14-25(15-13-24)37(21-28(33)38)29(39)20-22-18-23(31(40)42-3)19-27-30(22)36(32(41)34-27)16-9-17-43-26-10-7-6-8-11-26/h6-8,10-15,18-19H,4-5,9,16-17,20-21H2,1-3H3,(H2,33,38)(H,34,41). The van der Waals surface area contributed by atoms with Crippen LogP contribution in [-0.4, -0.2) is 60.7 Å². The molecule has 1 aromatic heterocycles. The number of fused-ring (bicyclic) bond motifs is 1. The maximum Gasteiger partial charge on any atom is 0.337 e. The molecule has 0 aliphatic rings. The van der Waals surface area contributed by atoms with Crippen LogP contribution in [0.5, 0.6) is 5.75 Å². The van der Waals surface area contributed by atoms with Crippen LogP contribution in [0.1, 0.15) is 36.2 Å². The van der Waals surface area contributed by atoms with Crippen LogP contribution in [0.25, 0.3) is 11.0 Å². The number of nitrogens with zero attached hydrogens (tertiary/aromatic N) is 3. The van der Waals surface area contributed by atoms with E-state index in [1.807, 2.05) is 42.5 Å². The molecule has 2 amide bonds. The first-order valence-electron chi connectivity index (χ1n) is 14.2. The fourth-order valence-corrected chi connectivity index (χ4v) is 5.08. The lowest BCUT2D eigenvalue weighted by atomic mass is 10.0. The Kier molecular flexibility index (Phi) is 10.2. The normalized spacial score (nSPS) is 10.9. The molecule has 43 heavy (non-hydrogen) atoms. The highest BCUT2D eigenvalue weighted by molar-refractivity contribution is 6.02. The molecule has 4 rings (SSSR count). The molecule has 0 saturated heterocycles. The van der Waals surface area contributed by atoms with E-state index in [-0.39, 0.29) is 24.2 Å². The summed E-state index contributed by atoms with van der Waals surface area (Å²) in [6.45, 7) is 6.10. The number of hydrogen-bond donors (Lipinski definition) is 2. The van der Waals surface area contributed by atoms with Gasteiger partial charge in [0, 0.05) is 31.0 Å². The average Bonchev–Trinajstić information content (AvgIpc) is 3.33. The number of primary amides is 1. The van der Waals surface area contributed by atoms with E-state index in [0.717, 1.165) is 24.5 Å². The summed E-state index contributed by atoms with van der Waals surface area (Å²) in [7, 11) is 1.26. The molecule has 0 radical (unpaired) electrons. The summed E-state index contributed by atoms with van der Waals surface area (Å²) in [4.78, 5) is 57.5. The van der Waals surface area contributed by atoms with Gasteiger partial charge in [0.25, 0.3) is 0 Å². The van der Waals surface area contributed by atoms with Crippen molar-refractivity contribution < 1.29 is 23.9 Å². The minimum Gasteiger partial charge on any atom is -0.494 e. The number of para-hydroxylation sites is 1. The van der Waals surface area contributed by atoms with Crippen LogP contribution < -0.4 is 26.0 Å². The molecular formula is C32H37N5O6. The van der Waals surface area contributed by atoms with Gasteiger partial charge in [0.1, 0.15) is 12.3 Å². The van der Waals surface area contributed by atoms with Gasteiger partial charge >= 0.3 is 11.7 Å². The number of H-pyrrole nitrogens is 1. The zero-order valence-corrected chi connectivity index (χ0v) is 24.7. The number of anilines is 2. The number of imidazole rings is 1. The zero-order valence-electron chi connectivity index (χ0n) is 24.7. The molecule has 11 nitrogen and oxygen atoms in total. The first-order chi connectivity index (χ1) is 20.7. The molecule has 4 aromatic rings. The Morgan fingerprint density at radius 3 is 2.26 bits per heavy atom. The highest BCUT2D eigenvalue weighted by Crippen LogP contribution is 2.25. The fraction of sp³-hybridized carbons (Fsp3) is 0.312. The molecule has 0 aliphatic heterocycles. The number of carbonyl (C=O) groups is 3. The maximum atomic E-state index is 13.8. The molecule has 0 fully saturated rings. The smallest absolute Gasteiger partial charge is 0.337 e. The molecule has 226 valence electrons. The van der Waals surface area contributed by atoms with Crippen LogP contribution in [0.2, 0.25) is 0 Å². The third-order valence-electron chi connectivity index (χ3n) is 7.15. The summed E-state index contributed by atoms with van der Waals surface area (Å²) < 4.78 is 12.2. The SMILES string of the molecule is CCN(CC)c1ccc(N(CC(N)=O)C(=O)Cc2cc(C(=O)OC)cc3[nH]c(=O)n(CCCOc4ccccc4)c23)cc1. The Morgan fingerprint density at radius 1 is 0.953 bits per heavy atom. The summed E-state index contributed by atoms with van der Waals surface area (Å²) in [5.74, 6) is -0.985. The number of carbonyl (C=O) groups excluding carboxylic acids is 3. The van der Waals surface area contributed by atoms with E-state index in [9.17, 15) is 19.2 Å². The fourth-order valence-electron chi connectivity index (χ4n) is 5.08. The number of methoxy groups -OCH3 is 1. The monoisotopic (exact) mass is 587 g/mol. The lowest BCUT2D eigenvalue weighted by Gasteiger charge is -2.24. The Morgan fingerprint density at radius 2 is 1.63 bits per heavy atom. The van der Waals surface area contributed by atoms with Gasteiger partial charge in [0.2, 0.25) is 11.8 Å². The Labute approximate surface area is 249 Å². The van der Waals surface area contributed by atoms with Crippen molar-refractivity contribution in [3.8, 4) is 5.75 Å². The number of nitrogens with two attached hydrogens (primary N) is 1. The van der Waals surface area contributed by atoms with Crippen molar-refractivity contribution >= 4 is 40.2 Å². The van der Waals surface area contributed by atoms with Crippen molar-refractivity contribution in [1.29, 1.82) is 0 Å². The van der Waals surface area contributed by atoms with Gasteiger partial charge < -0.3 is 30.0 Å². The molecule has 3 aromatic carbocycles. The predicted octanol–water partition coefficient (Wildman–Crippen LogP) is 3.49. The third-order valence-corrected chi connectivity index (χ3v) is 7.15. The molecular weight excluding hydrogens is 550 g/mol. The number of ether oxygens (including phenoxy) is 2. The number of hydrogen-bond acceptors (Lipinski definition) is 7. The highest BCUT2D eigenvalue weighted by atomic mass is 16.5. The van der Waals surface area contributed by atoms with Crippen LogP contribution in [-0.2, 0) is 27.3 Å². The summed E-state index contributed by atoms with van der Waals surface area (Å²) >= 11 is 0. The number of amides is 2. The van der Waals surface area contributed by atoms with Crippen molar-refractivity contribution in [1.82, 2.24) is 9.55 Å². The average molecular weight is 588 g/mol. The number of aryl methyl sites for hydroxylation is 1. The molecule has 0 atom stereocenters. The minimum atomic E-state index is -0.674. The van der Waals surface area contributed by atoms with Gasteiger partial charge in [-0.15, -0.1) is 0 Å². The topological polar surface area (TPSA) is 140 Å². The summed E-state index contributed by atoms with van der Waals surface area (Å²) in [6, 6.07) is 19.8. The second-order valence-electron chi connectivity index (χ2n) is 9.93.